The van der Waals surface area contributed by atoms with Crippen molar-refractivity contribution in [2.24, 2.45) is 0 Å². The molecule has 0 aliphatic carbocycles. The normalized spacial score (nSPS) is 10.6. The Morgan fingerprint density at radius 2 is 1.66 bits per heavy atom. The van der Waals surface area contributed by atoms with Crippen molar-refractivity contribution in [2.75, 3.05) is 13.2 Å². The first kappa shape index (κ1) is 20.4. The van der Waals surface area contributed by atoms with Crippen LogP contribution in [-0.4, -0.2) is 29.5 Å². The van der Waals surface area contributed by atoms with E-state index in [1.807, 2.05) is 63.2 Å². The fraction of sp³-hybridized carbons (Fsp3) is 0.250. The number of carbonyl (C=O) groups is 2. The molecule has 29 heavy (non-hydrogen) atoms. The molecule has 150 valence electrons. The maximum Gasteiger partial charge on any atom is 0.344 e. The number of ether oxygens (including phenoxy) is 2. The lowest BCUT2D eigenvalue weighted by atomic mass is 10.1. The van der Waals surface area contributed by atoms with E-state index in [4.69, 9.17) is 9.47 Å². The molecule has 0 bridgehead atoms. The molecule has 3 rings (SSSR count). The molecular formula is C24H25NO4. The van der Waals surface area contributed by atoms with E-state index in [0.717, 1.165) is 22.5 Å². The molecule has 3 aromatic rings. The lowest BCUT2D eigenvalue weighted by Gasteiger charge is -2.10. The summed E-state index contributed by atoms with van der Waals surface area (Å²) in [5, 5.41) is 0. The van der Waals surface area contributed by atoms with E-state index in [1.165, 1.54) is 0 Å². The number of Topliss-reactive ketones (excluding diaryl/α,β-unsaturated/α-hetero) is 1. The second kappa shape index (κ2) is 9.24. The van der Waals surface area contributed by atoms with Crippen molar-refractivity contribution in [3.05, 3.63) is 88.7 Å². The number of esters is 1. The van der Waals surface area contributed by atoms with E-state index in [1.54, 1.807) is 6.07 Å². The van der Waals surface area contributed by atoms with E-state index in [-0.39, 0.29) is 19.0 Å². The third-order valence-electron chi connectivity index (χ3n) is 4.77. The number of hydrogen-bond donors (Lipinski definition) is 0. The Kier molecular flexibility index (Phi) is 6.50. The number of hydrogen-bond acceptors (Lipinski definition) is 4. The molecule has 1 heterocycles. The van der Waals surface area contributed by atoms with Crippen molar-refractivity contribution in [3.8, 4) is 5.75 Å². The van der Waals surface area contributed by atoms with Gasteiger partial charge in [0, 0.05) is 23.5 Å². The van der Waals surface area contributed by atoms with Gasteiger partial charge in [-0.3, -0.25) is 4.79 Å². The lowest BCUT2D eigenvalue weighted by molar-refractivity contribution is -0.144. The SMILES string of the molecule is Cc1cccc(OCC(=O)OCC(=O)c2cc(C)n(Cc3ccccc3)c2C)c1. The van der Waals surface area contributed by atoms with Gasteiger partial charge < -0.3 is 14.0 Å². The summed E-state index contributed by atoms with van der Waals surface area (Å²) >= 11 is 0. The van der Waals surface area contributed by atoms with Crippen LogP contribution in [0.15, 0.2) is 60.7 Å². The second-order valence-corrected chi connectivity index (χ2v) is 7.05. The number of ketones is 1. The summed E-state index contributed by atoms with van der Waals surface area (Å²) < 4.78 is 12.6. The third-order valence-corrected chi connectivity index (χ3v) is 4.77. The smallest absolute Gasteiger partial charge is 0.344 e. The molecule has 0 amide bonds. The van der Waals surface area contributed by atoms with Crippen LogP contribution in [-0.2, 0) is 16.1 Å². The first-order chi connectivity index (χ1) is 13.9. The molecule has 0 spiro atoms. The van der Waals surface area contributed by atoms with E-state index in [9.17, 15) is 9.59 Å². The van der Waals surface area contributed by atoms with Crippen LogP contribution in [0.2, 0.25) is 0 Å². The van der Waals surface area contributed by atoms with E-state index in [2.05, 4.69) is 16.7 Å². The van der Waals surface area contributed by atoms with E-state index < -0.39 is 5.97 Å². The average Bonchev–Trinajstić information content (AvgIpc) is 2.99. The molecule has 0 radical (unpaired) electrons. The minimum Gasteiger partial charge on any atom is -0.482 e. The molecule has 5 heteroatoms. The highest BCUT2D eigenvalue weighted by atomic mass is 16.6. The molecule has 2 aromatic carbocycles. The number of nitrogens with zero attached hydrogens (tertiary/aromatic N) is 1. The zero-order valence-corrected chi connectivity index (χ0v) is 17.0. The number of rotatable bonds is 8. The van der Waals surface area contributed by atoms with Crippen LogP contribution in [0.3, 0.4) is 0 Å². The molecule has 0 unspecified atom stereocenters. The summed E-state index contributed by atoms with van der Waals surface area (Å²) in [5.74, 6) is -0.197. The Morgan fingerprint density at radius 1 is 0.897 bits per heavy atom. The first-order valence-electron chi connectivity index (χ1n) is 9.53. The third kappa shape index (κ3) is 5.35. The fourth-order valence-corrected chi connectivity index (χ4v) is 3.21. The van der Waals surface area contributed by atoms with Gasteiger partial charge in [-0.15, -0.1) is 0 Å². The quantitative estimate of drug-likeness (QED) is 0.425. The number of aromatic nitrogens is 1. The highest BCUT2D eigenvalue weighted by Crippen LogP contribution is 2.18. The highest BCUT2D eigenvalue weighted by Gasteiger charge is 2.17. The Balaban J connectivity index is 1.56. The number of aryl methyl sites for hydroxylation is 2. The predicted octanol–water partition coefficient (Wildman–Crippen LogP) is 4.27. The summed E-state index contributed by atoms with van der Waals surface area (Å²) in [7, 11) is 0. The fourth-order valence-electron chi connectivity index (χ4n) is 3.21. The largest absolute Gasteiger partial charge is 0.482 e. The van der Waals surface area contributed by atoms with Gasteiger partial charge in [-0.2, -0.15) is 0 Å². The Labute approximate surface area is 170 Å². The molecule has 0 fully saturated rings. The van der Waals surface area contributed by atoms with Crippen LogP contribution in [0.25, 0.3) is 0 Å². The molecule has 0 saturated carbocycles. The van der Waals surface area contributed by atoms with Crippen molar-refractivity contribution in [2.45, 2.75) is 27.3 Å². The summed E-state index contributed by atoms with van der Waals surface area (Å²) in [6.45, 7) is 5.98. The van der Waals surface area contributed by atoms with Gasteiger partial charge in [-0.25, -0.2) is 4.79 Å². The monoisotopic (exact) mass is 391 g/mol. The first-order valence-corrected chi connectivity index (χ1v) is 9.53. The van der Waals surface area contributed by atoms with Crippen molar-refractivity contribution in [1.29, 1.82) is 0 Å². The van der Waals surface area contributed by atoms with Crippen LogP contribution in [0, 0.1) is 20.8 Å². The Hall–Kier alpha value is -3.34. The van der Waals surface area contributed by atoms with Crippen molar-refractivity contribution in [3.63, 3.8) is 0 Å². The maximum absolute atomic E-state index is 12.6. The van der Waals surface area contributed by atoms with Gasteiger partial charge in [0.05, 0.1) is 0 Å². The molecule has 1 aromatic heterocycles. The van der Waals surface area contributed by atoms with Gasteiger partial charge in [-0.05, 0) is 50.1 Å². The Bertz CT molecular complexity index is 1000. The van der Waals surface area contributed by atoms with Crippen LogP contribution in [0.5, 0.6) is 5.75 Å². The van der Waals surface area contributed by atoms with Crippen LogP contribution < -0.4 is 4.74 Å². The average molecular weight is 391 g/mol. The molecule has 0 aliphatic heterocycles. The molecule has 0 saturated heterocycles. The predicted molar refractivity (Wildman–Crippen MR) is 111 cm³/mol. The van der Waals surface area contributed by atoms with Crippen LogP contribution >= 0.6 is 0 Å². The van der Waals surface area contributed by atoms with E-state index in [0.29, 0.717) is 17.9 Å². The number of carbonyl (C=O) groups excluding carboxylic acids is 2. The van der Waals surface area contributed by atoms with Gasteiger partial charge in [0.1, 0.15) is 5.75 Å². The summed E-state index contributed by atoms with van der Waals surface area (Å²) in [6.07, 6.45) is 0. The van der Waals surface area contributed by atoms with Crippen molar-refractivity contribution >= 4 is 11.8 Å². The number of benzene rings is 2. The minimum absolute atomic E-state index is 0.221. The van der Waals surface area contributed by atoms with Gasteiger partial charge >= 0.3 is 5.97 Å². The van der Waals surface area contributed by atoms with Gasteiger partial charge in [0.25, 0.3) is 0 Å². The summed E-state index contributed by atoms with van der Waals surface area (Å²) in [5.41, 5.74) is 4.63. The summed E-state index contributed by atoms with van der Waals surface area (Å²) in [6, 6.07) is 19.3. The van der Waals surface area contributed by atoms with Gasteiger partial charge in [0.15, 0.2) is 13.2 Å². The lowest BCUT2D eigenvalue weighted by Crippen LogP contribution is -2.20. The van der Waals surface area contributed by atoms with Gasteiger partial charge in [0.2, 0.25) is 5.78 Å². The van der Waals surface area contributed by atoms with Crippen LogP contribution in [0.1, 0.15) is 32.9 Å². The minimum atomic E-state index is -0.571. The van der Waals surface area contributed by atoms with E-state index >= 15 is 0 Å². The van der Waals surface area contributed by atoms with Gasteiger partial charge in [-0.1, -0.05) is 42.5 Å². The molecular weight excluding hydrogens is 366 g/mol. The van der Waals surface area contributed by atoms with Crippen molar-refractivity contribution < 1.29 is 19.1 Å². The standard InChI is InChI=1S/C24H25NO4/c1-17-8-7-11-21(12-17)28-16-24(27)29-15-23(26)22-13-18(2)25(19(22)3)14-20-9-5-4-6-10-20/h4-13H,14-16H2,1-3H3. The molecule has 0 N–H and O–H groups in total. The molecule has 5 nitrogen and oxygen atoms in total. The second-order valence-electron chi connectivity index (χ2n) is 7.05. The molecule has 0 aliphatic rings. The zero-order chi connectivity index (χ0) is 20.8. The highest BCUT2D eigenvalue weighted by molar-refractivity contribution is 5.99. The molecule has 0 atom stereocenters. The maximum atomic E-state index is 12.6. The van der Waals surface area contributed by atoms with Crippen molar-refractivity contribution in [1.82, 2.24) is 4.57 Å². The zero-order valence-electron chi connectivity index (χ0n) is 17.0. The topological polar surface area (TPSA) is 57.5 Å². The Morgan fingerprint density at radius 3 is 2.38 bits per heavy atom. The van der Waals surface area contributed by atoms with Crippen LogP contribution in [0.4, 0.5) is 0 Å². The summed E-state index contributed by atoms with van der Waals surface area (Å²) in [4.78, 5) is 24.5.